The molecule has 7 amide bonds. The molecule has 0 aromatic carbocycles. The quantitative estimate of drug-likeness (QED) is 0.0408. The highest BCUT2D eigenvalue weighted by atomic mass is 16.4. The third-order valence-electron chi connectivity index (χ3n) is 13.6. The molecule has 0 bridgehead atoms. The molecule has 19 heteroatoms. The summed E-state index contributed by atoms with van der Waals surface area (Å²) in [5, 5.41) is 29.4. The van der Waals surface area contributed by atoms with E-state index in [1.165, 1.54) is 0 Å². The molecule has 0 spiro atoms. The minimum Gasteiger partial charge on any atom is -0.480 e. The minimum absolute atomic E-state index is 0.259. The normalized spacial score (nSPS) is 17.7. The van der Waals surface area contributed by atoms with E-state index in [0.29, 0.717) is 83.7 Å². The number of unbranched alkanes of at least 4 members (excludes halogenated alkanes) is 2. The molecule has 0 aliphatic rings. The summed E-state index contributed by atoms with van der Waals surface area (Å²) in [7, 11) is 0. The van der Waals surface area contributed by atoms with Crippen molar-refractivity contribution in [1.82, 2.24) is 37.2 Å². The number of carbonyl (C=O) groups is 8. The van der Waals surface area contributed by atoms with Crippen molar-refractivity contribution in [2.45, 2.75) is 208 Å². The van der Waals surface area contributed by atoms with E-state index < -0.39 is 119 Å². The van der Waals surface area contributed by atoms with Gasteiger partial charge in [0.05, 0.1) is 6.04 Å². The lowest BCUT2D eigenvalue weighted by atomic mass is 9.92. The van der Waals surface area contributed by atoms with Crippen LogP contribution in [0.2, 0.25) is 0 Å². The summed E-state index contributed by atoms with van der Waals surface area (Å²) in [6.45, 7) is 22.6. The number of nitrogens with two attached hydrogens (primary N) is 3. The molecule has 0 heterocycles. The lowest BCUT2D eigenvalue weighted by molar-refractivity contribution is -0.144. The number of hydrogen-bond acceptors (Lipinski definition) is 11. The third-order valence-corrected chi connectivity index (χ3v) is 13.6. The summed E-state index contributed by atoms with van der Waals surface area (Å²) in [5.41, 5.74) is 17.4. The maximum absolute atomic E-state index is 14.3. The fraction of sp³-hybridized carbons (Fsp3) is 0.833. The van der Waals surface area contributed by atoms with Gasteiger partial charge in [0.1, 0.15) is 42.3 Å². The molecule has 0 aromatic heterocycles. The second-order valence-corrected chi connectivity index (χ2v) is 18.8. The van der Waals surface area contributed by atoms with Crippen LogP contribution in [-0.2, 0) is 38.4 Å². The van der Waals surface area contributed by atoms with E-state index in [4.69, 9.17) is 17.2 Å². The van der Waals surface area contributed by atoms with E-state index in [1.807, 2.05) is 41.5 Å². The van der Waals surface area contributed by atoms with Crippen LogP contribution in [0.4, 0.5) is 0 Å². The van der Waals surface area contributed by atoms with Crippen LogP contribution in [0.1, 0.15) is 160 Å². The first kappa shape index (κ1) is 62.6. The highest BCUT2D eigenvalue weighted by Crippen LogP contribution is 2.18. The smallest absolute Gasteiger partial charge is 0.326 e. The molecular formula is C48H92N10O9. The first-order valence-electron chi connectivity index (χ1n) is 25.1. The second-order valence-electron chi connectivity index (χ2n) is 18.8. The molecule has 14 atom stereocenters. The van der Waals surface area contributed by atoms with E-state index in [2.05, 4.69) is 37.2 Å². The molecule has 0 saturated carbocycles. The summed E-state index contributed by atoms with van der Waals surface area (Å²) < 4.78 is 0. The van der Waals surface area contributed by atoms with Crippen molar-refractivity contribution in [1.29, 1.82) is 0 Å². The first-order valence-corrected chi connectivity index (χ1v) is 25.1. The van der Waals surface area contributed by atoms with Gasteiger partial charge in [0.2, 0.25) is 41.4 Å². The van der Waals surface area contributed by atoms with E-state index in [-0.39, 0.29) is 18.3 Å². The van der Waals surface area contributed by atoms with Crippen LogP contribution in [0.5, 0.6) is 0 Å². The Hall–Kier alpha value is -4.36. The van der Waals surface area contributed by atoms with E-state index >= 15 is 0 Å². The average Bonchev–Trinajstić information content (AvgIpc) is 3.31. The Labute approximate surface area is 401 Å². The van der Waals surface area contributed by atoms with Crippen molar-refractivity contribution < 1.29 is 43.5 Å². The number of carboxylic acid groups (broad SMARTS) is 1. The summed E-state index contributed by atoms with van der Waals surface area (Å²) in [4.78, 5) is 110. The van der Waals surface area contributed by atoms with E-state index in [1.54, 1.807) is 41.5 Å². The molecule has 0 fully saturated rings. The molecule has 14 N–H and O–H groups in total. The fourth-order valence-electron chi connectivity index (χ4n) is 7.34. The molecule has 0 aliphatic heterocycles. The molecule has 0 radical (unpaired) electrons. The standard InChI is InChI=1S/C48H92N10O9/c1-13-27(7)35(53-42(60)34(24-20-22-26-50)52-41(59)33(51)23-19-21-25-49)43(61)54-36(28(8)14-2)44(62)55-37(29(9)15-3)45(63)56-38(30(10)16-4)46(64)57-39(31(11)17-5)47(65)58-40(48(66)67)32(12)18-6/h27-40H,13-26,49-51H2,1-12H3,(H,52,59)(H,53,60)(H,54,61)(H,55,62)(H,56,63)(H,57,64)(H,58,65)(H,66,67)/t27-,28-,29-,30-,31-,32-,33-,34-,35-,36-,37-,38-,39-,40-/m0/s1. The lowest BCUT2D eigenvalue weighted by Gasteiger charge is -2.33. The SMILES string of the molecule is CC[C@H](C)[C@H](NC(=O)[C@@H](NC(=O)[C@@H](NC(=O)[C@@H](NC(=O)[C@@H](NC(=O)[C@@H](NC(=O)[C@H](CCCCN)NC(=O)[C@@H](N)CCCCN)[C@@H](C)CC)[C@@H](C)CC)[C@@H](C)CC)[C@@H](C)CC)[C@@H](C)CC)C(=O)O. The largest absolute Gasteiger partial charge is 0.480 e. The highest BCUT2D eigenvalue weighted by Gasteiger charge is 2.39. The van der Waals surface area contributed by atoms with Crippen molar-refractivity contribution in [3.8, 4) is 0 Å². The number of carbonyl (C=O) groups excluding carboxylic acids is 7. The molecule has 67 heavy (non-hydrogen) atoms. The Morgan fingerprint density at radius 2 is 0.627 bits per heavy atom. The van der Waals surface area contributed by atoms with Crippen LogP contribution in [0.15, 0.2) is 0 Å². The molecule has 388 valence electrons. The third kappa shape index (κ3) is 21.2. The van der Waals surface area contributed by atoms with Crippen molar-refractivity contribution in [3.63, 3.8) is 0 Å². The van der Waals surface area contributed by atoms with Crippen molar-refractivity contribution >= 4 is 47.3 Å². The van der Waals surface area contributed by atoms with Crippen LogP contribution in [0, 0.1) is 35.5 Å². The summed E-state index contributed by atoms with van der Waals surface area (Å²) in [5.74, 6) is -7.88. The van der Waals surface area contributed by atoms with Crippen LogP contribution in [-0.4, -0.2) is 114 Å². The minimum atomic E-state index is -1.19. The molecule has 0 aliphatic carbocycles. The van der Waals surface area contributed by atoms with Gasteiger partial charge in [-0.25, -0.2) is 4.79 Å². The average molecular weight is 953 g/mol. The predicted octanol–water partition coefficient (Wildman–Crippen LogP) is 2.33. The van der Waals surface area contributed by atoms with Crippen LogP contribution in [0.3, 0.4) is 0 Å². The molecule has 0 unspecified atom stereocenters. The van der Waals surface area contributed by atoms with Gasteiger partial charge in [-0.1, -0.05) is 128 Å². The number of carboxylic acids is 1. The lowest BCUT2D eigenvalue weighted by Crippen LogP contribution is -2.63. The van der Waals surface area contributed by atoms with E-state index in [0.717, 1.165) is 0 Å². The Bertz CT molecular complexity index is 1550. The van der Waals surface area contributed by atoms with Gasteiger partial charge < -0.3 is 59.5 Å². The summed E-state index contributed by atoms with van der Waals surface area (Å²) in [6, 6.07) is -8.64. The molecule has 0 saturated heterocycles. The number of amides is 7. The molecule has 0 aromatic rings. The first-order chi connectivity index (χ1) is 31.5. The maximum Gasteiger partial charge on any atom is 0.326 e. The number of rotatable bonds is 35. The van der Waals surface area contributed by atoms with Gasteiger partial charge in [-0.3, -0.25) is 33.6 Å². The number of nitrogens with one attached hydrogen (secondary N) is 7. The van der Waals surface area contributed by atoms with Gasteiger partial charge in [-0.15, -0.1) is 0 Å². The molecule has 19 nitrogen and oxygen atoms in total. The van der Waals surface area contributed by atoms with Gasteiger partial charge in [0.15, 0.2) is 0 Å². The van der Waals surface area contributed by atoms with Gasteiger partial charge in [0.25, 0.3) is 0 Å². The monoisotopic (exact) mass is 953 g/mol. The Balaban J connectivity index is 6.64. The van der Waals surface area contributed by atoms with Gasteiger partial charge in [-0.2, -0.15) is 0 Å². The fourth-order valence-corrected chi connectivity index (χ4v) is 7.34. The Morgan fingerprint density at radius 1 is 0.373 bits per heavy atom. The van der Waals surface area contributed by atoms with Gasteiger partial charge in [-0.05, 0) is 80.7 Å². The topological polar surface area (TPSA) is 319 Å². The maximum atomic E-state index is 14.3. The van der Waals surface area contributed by atoms with Crippen LogP contribution in [0.25, 0.3) is 0 Å². The van der Waals surface area contributed by atoms with Crippen molar-refractivity contribution in [3.05, 3.63) is 0 Å². The highest BCUT2D eigenvalue weighted by molar-refractivity contribution is 5.98. The van der Waals surface area contributed by atoms with E-state index in [9.17, 15) is 43.5 Å². The zero-order valence-corrected chi connectivity index (χ0v) is 42.9. The van der Waals surface area contributed by atoms with Gasteiger partial charge >= 0.3 is 5.97 Å². The molecule has 0 rings (SSSR count). The predicted molar refractivity (Wildman–Crippen MR) is 262 cm³/mol. The Morgan fingerprint density at radius 3 is 0.896 bits per heavy atom. The molecular weight excluding hydrogens is 861 g/mol. The van der Waals surface area contributed by atoms with Crippen molar-refractivity contribution in [2.75, 3.05) is 13.1 Å². The second kappa shape index (κ2) is 33.2. The van der Waals surface area contributed by atoms with Crippen molar-refractivity contribution in [2.24, 2.45) is 52.7 Å². The zero-order chi connectivity index (χ0) is 51.6. The van der Waals surface area contributed by atoms with Gasteiger partial charge in [0, 0.05) is 0 Å². The number of hydrogen-bond donors (Lipinski definition) is 11. The summed E-state index contributed by atoms with van der Waals surface area (Å²) in [6.07, 6.45) is 5.99. The van der Waals surface area contributed by atoms with Crippen LogP contribution < -0.4 is 54.4 Å². The zero-order valence-electron chi connectivity index (χ0n) is 42.9. The van der Waals surface area contributed by atoms with Crippen LogP contribution >= 0.6 is 0 Å². The summed E-state index contributed by atoms with van der Waals surface area (Å²) >= 11 is 0. The Kier molecular flexibility index (Phi) is 31.0. The number of aliphatic carboxylic acids is 1.